The van der Waals surface area contributed by atoms with Gasteiger partial charge in [0.15, 0.2) is 5.78 Å². The molecular formula is C15H14FNO3S. The largest absolute Gasteiger partial charge is 0.295 e. The van der Waals surface area contributed by atoms with E-state index in [0.717, 1.165) is 12.1 Å². The molecule has 6 heteroatoms. The number of carbonyl (C=O) groups is 1. The summed E-state index contributed by atoms with van der Waals surface area (Å²) in [7, 11) is -4.10. The van der Waals surface area contributed by atoms with Crippen LogP contribution in [0.2, 0.25) is 0 Å². The van der Waals surface area contributed by atoms with Crippen LogP contribution in [0.5, 0.6) is 0 Å². The van der Waals surface area contributed by atoms with Crippen LogP contribution in [0, 0.1) is 12.7 Å². The Morgan fingerprint density at radius 3 is 2.43 bits per heavy atom. The molecule has 0 aromatic heterocycles. The number of ketones is 1. The SMILES string of the molecule is CC(=O)c1ccc(F)c(S(=O)(=O)Nc2ccccc2C)c1. The molecule has 0 bridgehead atoms. The molecule has 2 aromatic carbocycles. The first kappa shape index (κ1) is 15.2. The minimum Gasteiger partial charge on any atom is -0.295 e. The molecule has 0 radical (unpaired) electrons. The van der Waals surface area contributed by atoms with E-state index in [4.69, 9.17) is 0 Å². The van der Waals surface area contributed by atoms with Crippen molar-refractivity contribution in [1.29, 1.82) is 0 Å². The molecule has 0 amide bonds. The van der Waals surface area contributed by atoms with Crippen LogP contribution in [0.1, 0.15) is 22.8 Å². The van der Waals surface area contributed by atoms with E-state index in [1.807, 2.05) is 0 Å². The van der Waals surface area contributed by atoms with Gasteiger partial charge in [0.25, 0.3) is 10.0 Å². The molecule has 4 nitrogen and oxygen atoms in total. The molecule has 2 rings (SSSR count). The van der Waals surface area contributed by atoms with Crippen LogP contribution in [0.3, 0.4) is 0 Å². The number of nitrogens with one attached hydrogen (secondary N) is 1. The Morgan fingerprint density at radius 1 is 1.14 bits per heavy atom. The number of halogens is 1. The molecule has 1 N–H and O–H groups in total. The Morgan fingerprint density at radius 2 is 1.81 bits per heavy atom. The quantitative estimate of drug-likeness (QED) is 0.883. The maximum atomic E-state index is 13.8. The first-order valence-corrected chi connectivity index (χ1v) is 7.68. The number of hydrogen-bond acceptors (Lipinski definition) is 3. The lowest BCUT2D eigenvalue weighted by Gasteiger charge is -2.11. The van der Waals surface area contributed by atoms with Gasteiger partial charge in [0.05, 0.1) is 5.69 Å². The maximum Gasteiger partial charge on any atom is 0.264 e. The molecule has 21 heavy (non-hydrogen) atoms. The van der Waals surface area contributed by atoms with E-state index in [0.29, 0.717) is 11.3 Å². The van der Waals surface area contributed by atoms with Crippen molar-refractivity contribution in [3.05, 3.63) is 59.4 Å². The monoisotopic (exact) mass is 307 g/mol. The van der Waals surface area contributed by atoms with Crippen molar-refractivity contribution >= 4 is 21.5 Å². The second kappa shape index (κ2) is 5.65. The zero-order valence-electron chi connectivity index (χ0n) is 11.6. The number of rotatable bonds is 4. The van der Waals surface area contributed by atoms with Gasteiger partial charge in [-0.3, -0.25) is 9.52 Å². The van der Waals surface area contributed by atoms with Gasteiger partial charge in [0.2, 0.25) is 0 Å². The highest BCUT2D eigenvalue weighted by atomic mass is 32.2. The van der Waals surface area contributed by atoms with Crippen LogP contribution in [0.15, 0.2) is 47.4 Å². The molecule has 0 fully saturated rings. The number of benzene rings is 2. The topological polar surface area (TPSA) is 63.2 Å². The van der Waals surface area contributed by atoms with E-state index in [-0.39, 0.29) is 11.3 Å². The summed E-state index contributed by atoms with van der Waals surface area (Å²) in [5, 5.41) is 0. The molecule has 0 aliphatic rings. The first-order valence-electron chi connectivity index (χ1n) is 6.20. The van der Waals surface area contributed by atoms with Crippen LogP contribution in [-0.2, 0) is 10.0 Å². The predicted molar refractivity (Wildman–Crippen MR) is 78.4 cm³/mol. The third kappa shape index (κ3) is 3.28. The highest BCUT2D eigenvalue weighted by Crippen LogP contribution is 2.22. The van der Waals surface area contributed by atoms with Crippen molar-refractivity contribution < 1.29 is 17.6 Å². The number of anilines is 1. The van der Waals surface area contributed by atoms with Gasteiger partial charge in [-0.15, -0.1) is 0 Å². The molecule has 2 aromatic rings. The van der Waals surface area contributed by atoms with Gasteiger partial charge in [-0.1, -0.05) is 18.2 Å². The highest BCUT2D eigenvalue weighted by molar-refractivity contribution is 7.92. The number of hydrogen-bond donors (Lipinski definition) is 1. The van der Waals surface area contributed by atoms with Gasteiger partial charge in [0.1, 0.15) is 10.7 Å². The normalized spacial score (nSPS) is 11.2. The predicted octanol–water partition coefficient (Wildman–Crippen LogP) is 3.14. The first-order chi connectivity index (χ1) is 9.81. The van der Waals surface area contributed by atoms with Crippen LogP contribution in [0.4, 0.5) is 10.1 Å². The van der Waals surface area contributed by atoms with Crippen molar-refractivity contribution in [1.82, 2.24) is 0 Å². The molecule has 0 spiro atoms. The lowest BCUT2D eigenvalue weighted by atomic mass is 10.1. The summed E-state index contributed by atoms with van der Waals surface area (Å²) in [6.07, 6.45) is 0. The van der Waals surface area contributed by atoms with Crippen LogP contribution < -0.4 is 4.72 Å². The fraction of sp³-hybridized carbons (Fsp3) is 0.133. The van der Waals surface area contributed by atoms with E-state index >= 15 is 0 Å². The van der Waals surface area contributed by atoms with Gasteiger partial charge < -0.3 is 0 Å². The number of para-hydroxylation sites is 1. The highest BCUT2D eigenvalue weighted by Gasteiger charge is 2.21. The molecule has 0 unspecified atom stereocenters. The molecule has 0 aliphatic carbocycles. The smallest absolute Gasteiger partial charge is 0.264 e. The van der Waals surface area contributed by atoms with E-state index in [9.17, 15) is 17.6 Å². The summed E-state index contributed by atoms with van der Waals surface area (Å²) in [6.45, 7) is 3.03. The lowest BCUT2D eigenvalue weighted by Crippen LogP contribution is -2.16. The second-order valence-electron chi connectivity index (χ2n) is 4.62. The number of Topliss-reactive ketones (excluding diaryl/α,β-unsaturated/α-hetero) is 1. The Labute approximate surface area is 122 Å². The van der Waals surface area contributed by atoms with Gasteiger partial charge in [-0.25, -0.2) is 12.8 Å². The standard InChI is InChI=1S/C15H14FNO3S/c1-10-5-3-4-6-14(10)17-21(19,20)15-9-12(11(2)18)7-8-13(15)16/h3-9,17H,1-2H3. The third-order valence-electron chi connectivity index (χ3n) is 3.02. The maximum absolute atomic E-state index is 13.8. The van der Waals surface area contributed by atoms with Crippen molar-refractivity contribution in [2.75, 3.05) is 4.72 Å². The summed E-state index contributed by atoms with van der Waals surface area (Å²) in [4.78, 5) is 10.8. The summed E-state index contributed by atoms with van der Waals surface area (Å²) in [5.41, 5.74) is 1.22. The van der Waals surface area contributed by atoms with Crippen LogP contribution in [0.25, 0.3) is 0 Å². The van der Waals surface area contributed by atoms with Gasteiger partial charge in [0, 0.05) is 5.56 Å². The Kier molecular flexibility index (Phi) is 4.09. The fourth-order valence-electron chi connectivity index (χ4n) is 1.82. The molecule has 110 valence electrons. The van der Waals surface area contributed by atoms with E-state index in [1.165, 1.54) is 13.0 Å². The zero-order valence-corrected chi connectivity index (χ0v) is 12.4. The summed E-state index contributed by atoms with van der Waals surface area (Å²) < 4.78 is 40.7. The third-order valence-corrected chi connectivity index (χ3v) is 4.40. The molecule has 0 aliphatic heterocycles. The van der Waals surface area contributed by atoms with Crippen molar-refractivity contribution in [3.63, 3.8) is 0 Å². The van der Waals surface area contributed by atoms with Crippen molar-refractivity contribution in [2.45, 2.75) is 18.7 Å². The molecule has 0 atom stereocenters. The average Bonchev–Trinajstić information content (AvgIpc) is 2.41. The van der Waals surface area contributed by atoms with Gasteiger partial charge in [-0.2, -0.15) is 0 Å². The van der Waals surface area contributed by atoms with E-state index in [1.54, 1.807) is 31.2 Å². The molecule has 0 saturated carbocycles. The molecule has 0 saturated heterocycles. The Hall–Kier alpha value is -2.21. The molecule has 0 heterocycles. The summed E-state index contributed by atoms with van der Waals surface area (Å²) in [6, 6.07) is 10.0. The average molecular weight is 307 g/mol. The Bertz CT molecular complexity index is 800. The minimum atomic E-state index is -4.10. The number of carbonyl (C=O) groups excluding carboxylic acids is 1. The number of aryl methyl sites for hydroxylation is 1. The summed E-state index contributed by atoms with van der Waals surface area (Å²) >= 11 is 0. The van der Waals surface area contributed by atoms with Crippen LogP contribution in [-0.4, -0.2) is 14.2 Å². The van der Waals surface area contributed by atoms with Crippen molar-refractivity contribution in [3.8, 4) is 0 Å². The zero-order chi connectivity index (χ0) is 15.6. The van der Waals surface area contributed by atoms with Gasteiger partial charge >= 0.3 is 0 Å². The van der Waals surface area contributed by atoms with E-state index in [2.05, 4.69) is 4.72 Å². The second-order valence-corrected chi connectivity index (χ2v) is 6.27. The lowest BCUT2D eigenvalue weighted by molar-refractivity contribution is 0.101. The van der Waals surface area contributed by atoms with Crippen LogP contribution >= 0.6 is 0 Å². The Balaban J connectivity index is 2.47. The molecular weight excluding hydrogens is 293 g/mol. The van der Waals surface area contributed by atoms with Gasteiger partial charge in [-0.05, 0) is 43.7 Å². The fourth-order valence-corrected chi connectivity index (χ4v) is 3.05. The van der Waals surface area contributed by atoms with E-state index < -0.39 is 20.7 Å². The minimum absolute atomic E-state index is 0.140. The summed E-state index contributed by atoms with van der Waals surface area (Å²) in [5.74, 6) is -1.23. The van der Waals surface area contributed by atoms with Crippen molar-refractivity contribution in [2.24, 2.45) is 0 Å². The number of sulfonamides is 1.